The summed E-state index contributed by atoms with van der Waals surface area (Å²) in [6, 6.07) is 12.9. The molecular formula is C22H30O2S. The molecule has 0 aliphatic carbocycles. The predicted molar refractivity (Wildman–Crippen MR) is 108 cm³/mol. The minimum Gasteiger partial charge on any atom is -0.496 e. The molecule has 0 aliphatic heterocycles. The fourth-order valence-electron chi connectivity index (χ4n) is 2.81. The van der Waals surface area contributed by atoms with Gasteiger partial charge in [-0.2, -0.15) is 0 Å². The van der Waals surface area contributed by atoms with Crippen LogP contribution in [-0.4, -0.2) is 14.2 Å². The Kier molecular flexibility index (Phi) is 5.78. The van der Waals surface area contributed by atoms with E-state index in [2.05, 4.69) is 77.9 Å². The van der Waals surface area contributed by atoms with E-state index in [0.29, 0.717) is 0 Å². The van der Waals surface area contributed by atoms with Crippen molar-refractivity contribution in [1.82, 2.24) is 0 Å². The van der Waals surface area contributed by atoms with Crippen LogP contribution in [0.1, 0.15) is 52.7 Å². The van der Waals surface area contributed by atoms with Crippen LogP contribution in [0.3, 0.4) is 0 Å². The Morgan fingerprint density at radius 2 is 1.00 bits per heavy atom. The quantitative estimate of drug-likeness (QED) is 0.625. The van der Waals surface area contributed by atoms with E-state index in [4.69, 9.17) is 9.47 Å². The van der Waals surface area contributed by atoms with Crippen LogP contribution in [-0.2, 0) is 10.8 Å². The van der Waals surface area contributed by atoms with Crippen LogP contribution >= 0.6 is 11.8 Å². The zero-order valence-electron chi connectivity index (χ0n) is 16.7. The second-order valence-corrected chi connectivity index (χ2v) is 9.47. The first-order valence-electron chi connectivity index (χ1n) is 8.61. The van der Waals surface area contributed by atoms with Crippen molar-refractivity contribution in [3.8, 4) is 11.5 Å². The number of hydrogen-bond donors (Lipinski definition) is 0. The second kappa shape index (κ2) is 7.33. The number of benzene rings is 2. The maximum absolute atomic E-state index is 5.55. The lowest BCUT2D eigenvalue weighted by atomic mass is 9.86. The van der Waals surface area contributed by atoms with E-state index in [1.165, 1.54) is 20.9 Å². The van der Waals surface area contributed by atoms with Gasteiger partial charge in [-0.3, -0.25) is 0 Å². The van der Waals surface area contributed by atoms with Gasteiger partial charge in [-0.1, -0.05) is 53.3 Å². The van der Waals surface area contributed by atoms with E-state index in [0.717, 1.165) is 11.5 Å². The molecule has 2 aromatic rings. The van der Waals surface area contributed by atoms with Crippen molar-refractivity contribution < 1.29 is 9.47 Å². The van der Waals surface area contributed by atoms with Crippen molar-refractivity contribution in [3.05, 3.63) is 47.5 Å². The lowest BCUT2D eigenvalue weighted by molar-refractivity contribution is 0.397. The zero-order valence-corrected chi connectivity index (χ0v) is 17.5. The largest absolute Gasteiger partial charge is 0.496 e. The Morgan fingerprint density at radius 1 is 0.640 bits per heavy atom. The molecule has 25 heavy (non-hydrogen) atoms. The summed E-state index contributed by atoms with van der Waals surface area (Å²) in [5.74, 6) is 1.89. The maximum Gasteiger partial charge on any atom is 0.122 e. The second-order valence-electron chi connectivity index (χ2n) is 8.33. The van der Waals surface area contributed by atoms with Gasteiger partial charge in [0.25, 0.3) is 0 Å². The van der Waals surface area contributed by atoms with Gasteiger partial charge in [-0.15, -0.1) is 0 Å². The van der Waals surface area contributed by atoms with E-state index in [9.17, 15) is 0 Å². The first-order chi connectivity index (χ1) is 11.6. The minimum atomic E-state index is 0.0401. The van der Waals surface area contributed by atoms with E-state index in [1.54, 1.807) is 26.0 Å². The molecule has 3 heteroatoms. The highest BCUT2D eigenvalue weighted by Crippen LogP contribution is 2.39. The van der Waals surface area contributed by atoms with Gasteiger partial charge < -0.3 is 9.47 Å². The predicted octanol–water partition coefficient (Wildman–Crippen LogP) is 6.45. The SMILES string of the molecule is COc1ccc(Sc2ccc(OC)c(C(C)(C)C)c2)cc1C(C)(C)C. The summed E-state index contributed by atoms with van der Waals surface area (Å²) in [6.45, 7) is 13.3. The Bertz CT molecular complexity index is 673. The molecular weight excluding hydrogens is 328 g/mol. The summed E-state index contributed by atoms with van der Waals surface area (Å²) >= 11 is 1.78. The monoisotopic (exact) mass is 358 g/mol. The van der Waals surface area contributed by atoms with Crippen LogP contribution in [0.4, 0.5) is 0 Å². The molecule has 0 fully saturated rings. The van der Waals surface area contributed by atoms with Gasteiger partial charge in [0.2, 0.25) is 0 Å². The van der Waals surface area contributed by atoms with Gasteiger partial charge >= 0.3 is 0 Å². The molecule has 0 bridgehead atoms. The molecule has 0 radical (unpaired) electrons. The Labute approximate surface area is 156 Å². The Hall–Kier alpha value is -1.61. The summed E-state index contributed by atoms with van der Waals surface area (Å²) in [7, 11) is 3.47. The van der Waals surface area contributed by atoms with Crippen LogP contribution in [0.2, 0.25) is 0 Å². The van der Waals surface area contributed by atoms with Gasteiger partial charge in [0.15, 0.2) is 0 Å². The molecule has 0 spiro atoms. The molecule has 0 unspecified atom stereocenters. The first-order valence-corrected chi connectivity index (χ1v) is 9.43. The van der Waals surface area contributed by atoms with E-state index in [-0.39, 0.29) is 10.8 Å². The van der Waals surface area contributed by atoms with E-state index >= 15 is 0 Å². The summed E-state index contributed by atoms with van der Waals surface area (Å²) in [6.07, 6.45) is 0. The van der Waals surface area contributed by atoms with Crippen molar-refractivity contribution in [3.63, 3.8) is 0 Å². The van der Waals surface area contributed by atoms with Gasteiger partial charge in [0, 0.05) is 20.9 Å². The smallest absolute Gasteiger partial charge is 0.122 e. The molecule has 0 aromatic heterocycles. The highest BCUT2D eigenvalue weighted by Gasteiger charge is 2.21. The van der Waals surface area contributed by atoms with Gasteiger partial charge in [-0.25, -0.2) is 0 Å². The van der Waals surface area contributed by atoms with Crippen LogP contribution in [0.25, 0.3) is 0 Å². The molecule has 2 nitrogen and oxygen atoms in total. The van der Waals surface area contributed by atoms with Crippen LogP contribution in [0.15, 0.2) is 46.2 Å². The third-order valence-corrected chi connectivity index (χ3v) is 5.17. The molecule has 0 amide bonds. The third kappa shape index (κ3) is 4.72. The van der Waals surface area contributed by atoms with Gasteiger partial charge in [0.1, 0.15) is 11.5 Å². The summed E-state index contributed by atoms with van der Waals surface area (Å²) in [5, 5.41) is 0. The topological polar surface area (TPSA) is 18.5 Å². The van der Waals surface area contributed by atoms with Crippen molar-refractivity contribution >= 4 is 11.8 Å². The molecule has 0 saturated carbocycles. The molecule has 0 N–H and O–H groups in total. The van der Waals surface area contributed by atoms with E-state index < -0.39 is 0 Å². The molecule has 0 atom stereocenters. The van der Waals surface area contributed by atoms with Crippen molar-refractivity contribution in [1.29, 1.82) is 0 Å². The normalized spacial score (nSPS) is 12.2. The summed E-state index contributed by atoms with van der Waals surface area (Å²) in [4.78, 5) is 2.44. The molecule has 2 rings (SSSR count). The fourth-order valence-corrected chi connectivity index (χ4v) is 3.71. The molecule has 0 saturated heterocycles. The van der Waals surface area contributed by atoms with Crippen molar-refractivity contribution in [2.75, 3.05) is 14.2 Å². The van der Waals surface area contributed by atoms with Crippen LogP contribution in [0.5, 0.6) is 11.5 Å². The van der Waals surface area contributed by atoms with Gasteiger partial charge in [0.05, 0.1) is 14.2 Å². The number of ether oxygens (including phenoxy) is 2. The standard InChI is InChI=1S/C22H30O2S/c1-21(2,3)17-13-15(9-11-19(17)23-7)25-16-10-12-20(24-8)18(14-16)22(4,5)6/h9-14H,1-8H3. The van der Waals surface area contributed by atoms with Crippen LogP contribution in [0, 0.1) is 0 Å². The molecule has 2 aromatic carbocycles. The van der Waals surface area contributed by atoms with E-state index in [1.807, 2.05) is 0 Å². The molecule has 136 valence electrons. The minimum absolute atomic E-state index is 0.0401. The summed E-state index contributed by atoms with van der Waals surface area (Å²) < 4.78 is 11.1. The van der Waals surface area contributed by atoms with Crippen molar-refractivity contribution in [2.24, 2.45) is 0 Å². The maximum atomic E-state index is 5.55. The number of methoxy groups -OCH3 is 2. The number of hydrogen-bond acceptors (Lipinski definition) is 3. The highest BCUT2D eigenvalue weighted by atomic mass is 32.2. The molecule has 0 heterocycles. The van der Waals surface area contributed by atoms with Gasteiger partial charge in [-0.05, 0) is 47.2 Å². The highest BCUT2D eigenvalue weighted by molar-refractivity contribution is 7.99. The number of rotatable bonds is 4. The summed E-state index contributed by atoms with van der Waals surface area (Å²) in [5.41, 5.74) is 2.53. The van der Waals surface area contributed by atoms with Crippen molar-refractivity contribution in [2.45, 2.75) is 62.2 Å². The third-order valence-electron chi connectivity index (χ3n) is 4.19. The lowest BCUT2D eigenvalue weighted by Crippen LogP contribution is -2.13. The fraction of sp³-hybridized carbons (Fsp3) is 0.455. The lowest BCUT2D eigenvalue weighted by Gasteiger charge is -2.24. The zero-order chi connectivity index (χ0) is 18.8. The Balaban J connectivity index is 2.40. The average Bonchev–Trinajstić information content (AvgIpc) is 2.53. The van der Waals surface area contributed by atoms with Crippen LogP contribution < -0.4 is 9.47 Å². The molecule has 0 aliphatic rings. The first kappa shape index (κ1) is 19.7. The average molecular weight is 359 g/mol. The Morgan fingerprint density at radius 3 is 1.28 bits per heavy atom.